The van der Waals surface area contributed by atoms with Crippen LogP contribution in [0.3, 0.4) is 0 Å². The molecular formula is C27H28OSi3. The Bertz CT molecular complexity index is 1490. The Labute approximate surface area is 187 Å². The molecule has 0 aliphatic carbocycles. The Morgan fingerprint density at radius 3 is 2.00 bits per heavy atom. The van der Waals surface area contributed by atoms with Crippen LogP contribution in [0.4, 0.5) is 0 Å². The van der Waals surface area contributed by atoms with E-state index in [1.165, 1.54) is 49.1 Å². The fraction of sp³-hybridized carbons (Fsp3) is 0.185. The number of hydrogen-bond acceptors (Lipinski definition) is 1. The maximum absolute atomic E-state index is 6.12. The van der Waals surface area contributed by atoms with Crippen LogP contribution in [0.15, 0.2) is 78.9 Å². The molecule has 5 aromatic rings. The molecule has 1 unspecified atom stereocenters. The van der Waals surface area contributed by atoms with Crippen molar-refractivity contribution in [2.24, 2.45) is 0 Å². The highest BCUT2D eigenvalue weighted by atomic mass is 29.6. The predicted molar refractivity (Wildman–Crippen MR) is 145 cm³/mol. The SMILES string of the molecule is C[Si]1(C)[SiH2]OCC[Si]1(C)c1cccc2cc3ccc4cc5ccccc5cc4c3cc12. The van der Waals surface area contributed by atoms with Gasteiger partial charge in [0.1, 0.15) is 9.28 Å². The first-order valence-corrected chi connectivity index (χ1v) is 20.9. The highest BCUT2D eigenvalue weighted by molar-refractivity contribution is 7.63. The first-order chi connectivity index (χ1) is 15.0. The highest BCUT2D eigenvalue weighted by Gasteiger charge is 2.49. The minimum atomic E-state index is -1.53. The van der Waals surface area contributed by atoms with Gasteiger partial charge in [-0.05, 0) is 73.4 Å². The second-order valence-corrected chi connectivity index (χ2v) is 33.9. The van der Waals surface area contributed by atoms with Crippen molar-refractivity contribution in [1.29, 1.82) is 0 Å². The number of fused-ring (bicyclic) bond motifs is 5. The van der Waals surface area contributed by atoms with Gasteiger partial charge in [0, 0.05) is 6.61 Å². The van der Waals surface area contributed by atoms with Gasteiger partial charge in [0.15, 0.2) is 0 Å². The third kappa shape index (κ3) is 2.89. The second kappa shape index (κ2) is 6.87. The van der Waals surface area contributed by atoms with Crippen LogP contribution in [0.2, 0.25) is 25.7 Å². The summed E-state index contributed by atoms with van der Waals surface area (Å²) in [7, 11) is -3.21. The van der Waals surface area contributed by atoms with E-state index in [0.29, 0.717) is 0 Å². The quantitative estimate of drug-likeness (QED) is 0.173. The maximum Gasteiger partial charge on any atom is 0.148 e. The van der Waals surface area contributed by atoms with Gasteiger partial charge in [-0.3, -0.25) is 0 Å². The van der Waals surface area contributed by atoms with Crippen molar-refractivity contribution in [2.75, 3.05) is 6.61 Å². The van der Waals surface area contributed by atoms with Crippen molar-refractivity contribution >= 4 is 72.3 Å². The molecule has 0 radical (unpaired) electrons. The molecular weight excluding hydrogens is 425 g/mol. The molecule has 6 rings (SSSR count). The molecule has 4 heteroatoms. The first-order valence-electron chi connectivity index (χ1n) is 11.3. The molecule has 0 saturated carbocycles. The van der Waals surface area contributed by atoms with E-state index in [1.807, 2.05) is 0 Å². The molecule has 1 fully saturated rings. The summed E-state index contributed by atoms with van der Waals surface area (Å²) in [5.41, 5.74) is 0. The smallest absolute Gasteiger partial charge is 0.148 e. The number of hydrogen-bond donors (Lipinski definition) is 0. The molecule has 0 spiro atoms. The van der Waals surface area contributed by atoms with Crippen LogP contribution >= 0.6 is 0 Å². The summed E-state index contributed by atoms with van der Waals surface area (Å²) < 4.78 is 6.12. The normalized spacial score (nSPS) is 22.0. The van der Waals surface area contributed by atoms with Gasteiger partial charge < -0.3 is 4.43 Å². The van der Waals surface area contributed by atoms with Gasteiger partial charge in [-0.2, -0.15) is 0 Å². The zero-order chi connectivity index (χ0) is 21.2. The Kier molecular flexibility index (Phi) is 4.31. The van der Waals surface area contributed by atoms with Crippen molar-refractivity contribution in [2.45, 2.75) is 25.7 Å². The molecule has 1 saturated heterocycles. The average Bonchev–Trinajstić information content (AvgIpc) is 2.78. The highest BCUT2D eigenvalue weighted by Crippen LogP contribution is 2.34. The lowest BCUT2D eigenvalue weighted by atomic mass is 9.96. The Hall–Kier alpha value is -2.25. The van der Waals surface area contributed by atoms with Gasteiger partial charge in [0.05, 0.1) is 14.7 Å². The summed E-state index contributed by atoms with van der Waals surface area (Å²) in [4.78, 5) is 0. The van der Waals surface area contributed by atoms with Gasteiger partial charge in [0.2, 0.25) is 0 Å². The fourth-order valence-corrected chi connectivity index (χ4v) is 25.7. The summed E-state index contributed by atoms with van der Waals surface area (Å²) in [6.45, 7) is 8.90. The first kappa shape index (κ1) is 19.4. The zero-order valence-electron chi connectivity index (χ0n) is 18.5. The van der Waals surface area contributed by atoms with E-state index in [2.05, 4.69) is 98.5 Å². The van der Waals surface area contributed by atoms with Crippen molar-refractivity contribution < 1.29 is 4.43 Å². The topological polar surface area (TPSA) is 9.23 Å². The predicted octanol–water partition coefficient (Wildman–Crippen LogP) is 5.98. The van der Waals surface area contributed by atoms with E-state index in [4.69, 9.17) is 4.43 Å². The third-order valence-electron chi connectivity index (χ3n) is 8.00. The van der Waals surface area contributed by atoms with Crippen LogP contribution in [-0.4, -0.2) is 30.6 Å². The van der Waals surface area contributed by atoms with Gasteiger partial charge in [-0.1, -0.05) is 79.4 Å². The second-order valence-electron chi connectivity index (χ2n) is 10.1. The van der Waals surface area contributed by atoms with Crippen LogP contribution in [0.25, 0.3) is 43.1 Å². The van der Waals surface area contributed by atoms with Crippen LogP contribution in [-0.2, 0) is 4.43 Å². The lowest BCUT2D eigenvalue weighted by Crippen LogP contribution is -2.71. The van der Waals surface area contributed by atoms with Crippen LogP contribution in [0.5, 0.6) is 0 Å². The Balaban J connectivity index is 1.69. The summed E-state index contributed by atoms with van der Waals surface area (Å²) >= 11 is 0. The van der Waals surface area contributed by atoms with E-state index < -0.39 is 14.7 Å². The fourth-order valence-electron chi connectivity index (χ4n) is 5.60. The molecule has 0 aromatic heterocycles. The molecule has 31 heavy (non-hydrogen) atoms. The van der Waals surface area contributed by atoms with Gasteiger partial charge in [-0.25, -0.2) is 0 Å². The monoisotopic (exact) mass is 452 g/mol. The van der Waals surface area contributed by atoms with E-state index in [-0.39, 0.29) is 9.28 Å². The molecule has 1 nitrogen and oxygen atoms in total. The maximum atomic E-state index is 6.12. The average molecular weight is 453 g/mol. The van der Waals surface area contributed by atoms with E-state index in [1.54, 1.807) is 5.19 Å². The standard InChI is InChI=1S/C27H28OSi3/c1-30(2)29-28-13-14-31(30,3)27-10-6-9-21-16-23-12-11-22-15-19-7-4-5-8-20(19)17-24(22)25(23)18-26(21)27/h4-12,15-18H,13-14,29H2,1-3H3. The largest absolute Gasteiger partial charge is 0.428 e. The molecule has 0 amide bonds. The number of benzene rings is 5. The van der Waals surface area contributed by atoms with Crippen LogP contribution in [0, 0.1) is 0 Å². The van der Waals surface area contributed by atoms with E-state index in [9.17, 15) is 0 Å². The summed E-state index contributed by atoms with van der Waals surface area (Å²) in [5.74, 6) is 0. The van der Waals surface area contributed by atoms with Crippen molar-refractivity contribution in [3.8, 4) is 0 Å². The zero-order valence-corrected chi connectivity index (χ0v) is 21.9. The molecule has 154 valence electrons. The lowest BCUT2D eigenvalue weighted by Gasteiger charge is -2.45. The summed E-state index contributed by atoms with van der Waals surface area (Å²) in [6, 6.07) is 31.4. The van der Waals surface area contributed by atoms with Gasteiger partial charge >= 0.3 is 0 Å². The minimum absolute atomic E-state index is 0.375. The van der Waals surface area contributed by atoms with Crippen molar-refractivity contribution in [3.05, 3.63) is 78.9 Å². The molecule has 1 heterocycles. The molecule has 0 bridgehead atoms. The minimum Gasteiger partial charge on any atom is -0.428 e. The van der Waals surface area contributed by atoms with Crippen LogP contribution in [0.1, 0.15) is 0 Å². The Morgan fingerprint density at radius 2 is 1.26 bits per heavy atom. The molecule has 1 aliphatic rings. The lowest BCUT2D eigenvalue weighted by molar-refractivity contribution is 0.364. The van der Waals surface area contributed by atoms with Crippen molar-refractivity contribution in [1.82, 2.24) is 0 Å². The van der Waals surface area contributed by atoms with Gasteiger partial charge in [-0.15, -0.1) is 0 Å². The molecule has 5 aromatic carbocycles. The Morgan fingerprint density at radius 1 is 0.645 bits per heavy atom. The molecule has 1 aliphatic heterocycles. The van der Waals surface area contributed by atoms with Crippen molar-refractivity contribution in [3.63, 3.8) is 0 Å². The number of rotatable bonds is 1. The third-order valence-corrected chi connectivity index (χ3v) is 36.6. The van der Waals surface area contributed by atoms with Crippen LogP contribution < -0.4 is 5.19 Å². The van der Waals surface area contributed by atoms with E-state index >= 15 is 0 Å². The molecule has 0 N–H and O–H groups in total. The van der Waals surface area contributed by atoms with E-state index in [0.717, 1.165) is 6.61 Å². The summed E-state index contributed by atoms with van der Waals surface area (Å²) in [5, 5.41) is 12.7. The van der Waals surface area contributed by atoms with Gasteiger partial charge in [0.25, 0.3) is 0 Å². The summed E-state index contributed by atoms with van der Waals surface area (Å²) in [6.07, 6.45) is 0. The molecule has 1 atom stereocenters.